The molecular weight excluding hydrogens is 811 g/mol. The van der Waals surface area contributed by atoms with Crippen molar-refractivity contribution in [1.29, 1.82) is 0 Å². The van der Waals surface area contributed by atoms with Gasteiger partial charge in [-0.15, -0.1) is 0 Å². The lowest BCUT2D eigenvalue weighted by Gasteiger charge is -2.31. The van der Waals surface area contributed by atoms with E-state index in [9.17, 15) is 19.5 Å². The van der Waals surface area contributed by atoms with Gasteiger partial charge < -0.3 is 23.8 Å². The lowest BCUT2D eigenvalue weighted by molar-refractivity contribution is -0.887. The zero-order valence-corrected chi connectivity index (χ0v) is 42.9. The van der Waals surface area contributed by atoms with Crippen LogP contribution < -0.4 is 0 Å². The molecule has 0 amide bonds. The molecule has 376 valence electrons. The first-order chi connectivity index (χ1) is 31.6. The van der Waals surface area contributed by atoms with Crippen LogP contribution >= 0.6 is 0 Å². The van der Waals surface area contributed by atoms with Crippen molar-refractivity contribution in [3.05, 3.63) is 60.8 Å². The van der Waals surface area contributed by atoms with E-state index in [4.69, 9.17) is 14.2 Å². The Morgan fingerprint density at radius 3 is 1.37 bits per heavy atom. The van der Waals surface area contributed by atoms with Crippen LogP contribution in [-0.4, -0.2) is 80.6 Å². The van der Waals surface area contributed by atoms with Gasteiger partial charge in [0, 0.05) is 19.3 Å². The van der Waals surface area contributed by atoms with Gasteiger partial charge in [-0.1, -0.05) is 203 Å². The molecule has 0 heterocycles. The minimum atomic E-state index is -0.875. The van der Waals surface area contributed by atoms with Gasteiger partial charge in [0.2, 0.25) is 0 Å². The van der Waals surface area contributed by atoms with Crippen LogP contribution in [0.15, 0.2) is 60.8 Å². The molecule has 8 nitrogen and oxygen atoms in total. The van der Waals surface area contributed by atoms with Crippen LogP contribution in [0.4, 0.5) is 0 Å². The largest absolute Gasteiger partial charge is 0.477 e. The van der Waals surface area contributed by atoms with Gasteiger partial charge in [0.15, 0.2) is 12.1 Å². The zero-order chi connectivity index (χ0) is 47.7. The van der Waals surface area contributed by atoms with Gasteiger partial charge >= 0.3 is 17.9 Å². The molecule has 0 aromatic heterocycles. The Labute approximate surface area is 400 Å². The molecule has 0 spiro atoms. The van der Waals surface area contributed by atoms with Crippen LogP contribution in [0, 0.1) is 0 Å². The molecule has 2 unspecified atom stereocenters. The van der Waals surface area contributed by atoms with Crippen LogP contribution in [0.25, 0.3) is 0 Å². The van der Waals surface area contributed by atoms with Crippen molar-refractivity contribution in [3.8, 4) is 0 Å². The molecule has 0 radical (unpaired) electrons. The van der Waals surface area contributed by atoms with E-state index >= 15 is 0 Å². The first-order valence-electron chi connectivity index (χ1n) is 26.8. The highest BCUT2D eigenvalue weighted by atomic mass is 16.6. The summed E-state index contributed by atoms with van der Waals surface area (Å²) < 4.78 is 17.4. The maximum Gasteiger partial charge on any atom is 0.362 e. The van der Waals surface area contributed by atoms with Gasteiger partial charge in [-0.3, -0.25) is 9.59 Å². The number of rotatable bonds is 48. The molecule has 0 aromatic carbocycles. The second kappa shape index (κ2) is 47.5. The summed E-state index contributed by atoms with van der Waals surface area (Å²) in [5.74, 6) is -1.47. The van der Waals surface area contributed by atoms with E-state index in [0.29, 0.717) is 19.3 Å². The molecule has 0 saturated heterocycles. The van der Waals surface area contributed by atoms with Crippen LogP contribution in [-0.2, 0) is 28.6 Å². The molecule has 0 saturated carbocycles. The summed E-state index contributed by atoms with van der Waals surface area (Å²) >= 11 is 0. The van der Waals surface area contributed by atoms with Crippen molar-refractivity contribution in [2.24, 2.45) is 0 Å². The number of nitrogens with zero attached hydrogens (tertiary/aromatic N) is 1. The number of quaternary nitrogens is 1. The first-order valence-corrected chi connectivity index (χ1v) is 26.8. The van der Waals surface area contributed by atoms with Crippen LogP contribution in [0.1, 0.15) is 232 Å². The standard InChI is InChI=1S/C57H101NO7/c1-6-8-10-12-14-16-18-20-22-24-26-28-30-32-34-36-38-40-42-44-46-48-56(60)65-53(51-63-50-49-54(57(61)62)58(3,4)5)52-64-55(59)47-45-43-41-39-37-35-33-31-29-27-25-23-21-19-17-15-13-11-9-7-2/h8,10,14,16-17,19-23,53-54H,6-7,9,11-13,15,18,24-52H2,1-5H3/p+1/b10-8+,16-14+,19-17+,22-20+,23-21+. The number of carbonyl (C=O) groups excluding carboxylic acids is 2. The Kier molecular flexibility index (Phi) is 45.3. The predicted octanol–water partition coefficient (Wildman–Crippen LogP) is 15.7. The monoisotopic (exact) mass is 913 g/mol. The van der Waals surface area contributed by atoms with Crippen LogP contribution in [0.2, 0.25) is 0 Å². The van der Waals surface area contributed by atoms with Crippen molar-refractivity contribution in [2.75, 3.05) is 41.0 Å². The highest BCUT2D eigenvalue weighted by molar-refractivity contribution is 5.72. The lowest BCUT2D eigenvalue weighted by Crippen LogP contribution is -2.50. The minimum Gasteiger partial charge on any atom is -0.477 e. The average Bonchev–Trinajstić information content (AvgIpc) is 3.27. The molecule has 1 N–H and O–H groups in total. The summed E-state index contributed by atoms with van der Waals surface area (Å²) in [5.41, 5.74) is 0. The zero-order valence-electron chi connectivity index (χ0n) is 42.9. The third-order valence-corrected chi connectivity index (χ3v) is 11.9. The number of ether oxygens (including phenoxy) is 3. The van der Waals surface area contributed by atoms with Gasteiger partial charge in [0.25, 0.3) is 0 Å². The van der Waals surface area contributed by atoms with Gasteiger partial charge in [0.1, 0.15) is 6.61 Å². The number of hydrogen-bond acceptors (Lipinski definition) is 6. The normalized spacial score (nSPS) is 13.3. The number of unbranched alkanes of at least 4 members (excludes halogenated alkanes) is 25. The fraction of sp³-hybridized carbons (Fsp3) is 0.772. The van der Waals surface area contributed by atoms with E-state index < -0.39 is 18.1 Å². The average molecular weight is 913 g/mol. The minimum absolute atomic E-state index is 0.0543. The number of carbonyl (C=O) groups is 3. The SMILES string of the molecule is CC/C=C/C/C=C/C/C=C/CCCCCCCCCCCCCC(=O)OC(COCCC(C(=O)O)[N+](C)(C)C)COC(=O)CCCCCCCCCCCC/C=C/C=C/CCCCCC. The summed E-state index contributed by atoms with van der Waals surface area (Å²) in [6, 6.07) is -0.618. The molecule has 0 aromatic rings. The van der Waals surface area contributed by atoms with Gasteiger partial charge in [-0.05, 0) is 70.6 Å². The fourth-order valence-electron chi connectivity index (χ4n) is 7.80. The van der Waals surface area contributed by atoms with Crippen LogP contribution in [0.3, 0.4) is 0 Å². The topological polar surface area (TPSA) is 99.1 Å². The third-order valence-electron chi connectivity index (χ3n) is 11.9. The molecule has 0 aliphatic rings. The summed E-state index contributed by atoms with van der Waals surface area (Å²) in [4.78, 5) is 37.2. The maximum atomic E-state index is 12.8. The van der Waals surface area contributed by atoms with Gasteiger partial charge in [-0.2, -0.15) is 0 Å². The third kappa shape index (κ3) is 46.0. The van der Waals surface area contributed by atoms with Crippen LogP contribution in [0.5, 0.6) is 0 Å². The van der Waals surface area contributed by atoms with E-state index in [1.807, 2.05) is 21.1 Å². The molecule has 2 atom stereocenters. The predicted molar refractivity (Wildman–Crippen MR) is 275 cm³/mol. The van der Waals surface area contributed by atoms with Gasteiger partial charge in [-0.25, -0.2) is 4.79 Å². The summed E-state index contributed by atoms with van der Waals surface area (Å²) in [5, 5.41) is 9.67. The van der Waals surface area contributed by atoms with Crippen molar-refractivity contribution < 1.29 is 38.2 Å². The number of carboxylic acids is 1. The Morgan fingerprint density at radius 2 is 0.908 bits per heavy atom. The Bertz CT molecular complexity index is 1250. The number of likely N-dealkylation sites (N-methyl/N-ethyl adjacent to an activating group) is 1. The van der Waals surface area contributed by atoms with E-state index in [2.05, 4.69) is 74.6 Å². The second-order valence-corrected chi connectivity index (χ2v) is 19.1. The first kappa shape index (κ1) is 62.0. The van der Waals surface area contributed by atoms with E-state index in [0.717, 1.165) is 57.8 Å². The number of allylic oxidation sites excluding steroid dienone is 10. The summed E-state index contributed by atoms with van der Waals surface area (Å²) in [7, 11) is 5.54. The Hall–Kier alpha value is -2.97. The molecular formula is C57H102NO7+. The molecule has 65 heavy (non-hydrogen) atoms. The highest BCUT2D eigenvalue weighted by Gasteiger charge is 2.31. The lowest BCUT2D eigenvalue weighted by atomic mass is 10.0. The molecule has 0 fully saturated rings. The second-order valence-electron chi connectivity index (χ2n) is 19.1. The maximum absolute atomic E-state index is 12.8. The number of esters is 2. The fourth-order valence-corrected chi connectivity index (χ4v) is 7.80. The molecule has 0 aliphatic heterocycles. The summed E-state index contributed by atoms with van der Waals surface area (Å²) in [6.07, 6.45) is 59.8. The molecule has 0 bridgehead atoms. The van der Waals surface area contributed by atoms with Gasteiger partial charge in [0.05, 0.1) is 34.4 Å². The molecule has 0 aliphatic carbocycles. The quantitative estimate of drug-likeness (QED) is 0.0213. The summed E-state index contributed by atoms with van der Waals surface area (Å²) in [6.45, 7) is 4.63. The molecule has 0 rings (SSSR count). The van der Waals surface area contributed by atoms with Crippen molar-refractivity contribution in [2.45, 2.75) is 244 Å². The number of aliphatic carboxylic acids is 1. The number of hydrogen-bond donors (Lipinski definition) is 1. The van der Waals surface area contributed by atoms with Crippen molar-refractivity contribution in [1.82, 2.24) is 0 Å². The number of carboxylic acid groups (broad SMARTS) is 1. The Morgan fingerprint density at radius 1 is 0.492 bits per heavy atom. The molecule has 8 heteroatoms. The Balaban J connectivity index is 4.22. The smallest absolute Gasteiger partial charge is 0.362 e. The van der Waals surface area contributed by atoms with Crippen molar-refractivity contribution >= 4 is 17.9 Å². The van der Waals surface area contributed by atoms with E-state index in [-0.39, 0.29) is 36.2 Å². The highest BCUT2D eigenvalue weighted by Crippen LogP contribution is 2.16. The van der Waals surface area contributed by atoms with E-state index in [1.54, 1.807) is 0 Å². The van der Waals surface area contributed by atoms with E-state index in [1.165, 1.54) is 141 Å². The van der Waals surface area contributed by atoms with Crippen molar-refractivity contribution in [3.63, 3.8) is 0 Å².